The molecule has 1 aliphatic heterocycles. The van der Waals surface area contributed by atoms with Gasteiger partial charge in [0.25, 0.3) is 0 Å². The van der Waals surface area contributed by atoms with E-state index in [-0.39, 0.29) is 11.8 Å². The molecular formula is C15H20N6O. The van der Waals surface area contributed by atoms with Crippen molar-refractivity contribution < 1.29 is 4.79 Å². The molecule has 22 heavy (non-hydrogen) atoms. The fraction of sp³-hybridized carbons (Fsp3) is 0.467. The molecule has 0 saturated carbocycles. The summed E-state index contributed by atoms with van der Waals surface area (Å²) in [5.41, 5.74) is 0. The lowest BCUT2D eigenvalue weighted by Gasteiger charge is -2.36. The largest absolute Gasteiger partial charge is 0.352 e. The van der Waals surface area contributed by atoms with Crippen LogP contribution in [-0.2, 0) is 11.3 Å². The second-order valence-corrected chi connectivity index (χ2v) is 5.51. The average Bonchev–Trinajstić information content (AvgIpc) is 3.08. The van der Waals surface area contributed by atoms with Gasteiger partial charge in [-0.1, -0.05) is 6.92 Å². The van der Waals surface area contributed by atoms with E-state index in [0.717, 1.165) is 32.0 Å². The molecule has 0 radical (unpaired) electrons. The Morgan fingerprint density at radius 3 is 2.68 bits per heavy atom. The SMILES string of the molecule is CC(Cn1cccn1)C(=O)N1CCN(c2cnccn2)CC1. The standard InChI is InChI=1S/C15H20N6O/c1-13(12-21-6-2-3-18-21)15(22)20-9-7-19(8-10-20)14-11-16-4-5-17-14/h2-6,11,13H,7-10,12H2,1H3. The van der Waals surface area contributed by atoms with E-state index in [4.69, 9.17) is 0 Å². The van der Waals surface area contributed by atoms with Crippen molar-refractivity contribution in [3.8, 4) is 0 Å². The topological polar surface area (TPSA) is 67.2 Å². The monoisotopic (exact) mass is 300 g/mol. The minimum absolute atomic E-state index is 0.0667. The third-order valence-corrected chi connectivity index (χ3v) is 3.91. The maximum absolute atomic E-state index is 12.5. The highest BCUT2D eigenvalue weighted by molar-refractivity contribution is 5.78. The summed E-state index contributed by atoms with van der Waals surface area (Å²) in [6, 6.07) is 1.87. The van der Waals surface area contributed by atoms with Gasteiger partial charge in [-0.3, -0.25) is 14.5 Å². The van der Waals surface area contributed by atoms with Crippen LogP contribution in [0.1, 0.15) is 6.92 Å². The minimum Gasteiger partial charge on any atom is -0.352 e. The maximum Gasteiger partial charge on any atom is 0.227 e. The zero-order valence-corrected chi connectivity index (χ0v) is 12.7. The first kappa shape index (κ1) is 14.5. The van der Waals surface area contributed by atoms with Crippen LogP contribution in [0.2, 0.25) is 0 Å². The quantitative estimate of drug-likeness (QED) is 0.830. The molecule has 7 heteroatoms. The zero-order valence-electron chi connectivity index (χ0n) is 12.7. The van der Waals surface area contributed by atoms with E-state index < -0.39 is 0 Å². The molecule has 0 aromatic carbocycles. The van der Waals surface area contributed by atoms with Crippen molar-refractivity contribution in [3.05, 3.63) is 37.1 Å². The van der Waals surface area contributed by atoms with Crippen molar-refractivity contribution in [1.29, 1.82) is 0 Å². The average molecular weight is 300 g/mol. The number of carbonyl (C=O) groups excluding carboxylic acids is 1. The van der Waals surface area contributed by atoms with E-state index in [1.54, 1.807) is 29.5 Å². The molecule has 3 rings (SSSR count). The lowest BCUT2D eigenvalue weighted by Crippen LogP contribution is -2.50. The number of rotatable bonds is 4. The number of carbonyl (C=O) groups is 1. The molecule has 1 aliphatic rings. The number of anilines is 1. The van der Waals surface area contributed by atoms with Gasteiger partial charge < -0.3 is 9.80 Å². The Labute approximate surface area is 129 Å². The molecule has 116 valence electrons. The van der Waals surface area contributed by atoms with Crippen LogP contribution in [0.15, 0.2) is 37.1 Å². The third-order valence-electron chi connectivity index (χ3n) is 3.91. The highest BCUT2D eigenvalue weighted by Crippen LogP contribution is 2.14. The summed E-state index contributed by atoms with van der Waals surface area (Å²) in [5, 5.41) is 4.16. The second kappa shape index (κ2) is 6.55. The second-order valence-electron chi connectivity index (χ2n) is 5.51. The third kappa shape index (κ3) is 3.24. The Hall–Kier alpha value is -2.44. The van der Waals surface area contributed by atoms with Crippen LogP contribution >= 0.6 is 0 Å². The number of piperazine rings is 1. The smallest absolute Gasteiger partial charge is 0.227 e. The summed E-state index contributed by atoms with van der Waals surface area (Å²) in [5.74, 6) is 0.997. The van der Waals surface area contributed by atoms with Crippen molar-refractivity contribution in [2.45, 2.75) is 13.5 Å². The first-order chi connectivity index (χ1) is 10.7. The minimum atomic E-state index is -0.0667. The summed E-state index contributed by atoms with van der Waals surface area (Å²) in [7, 11) is 0. The summed E-state index contributed by atoms with van der Waals surface area (Å²) >= 11 is 0. The van der Waals surface area contributed by atoms with Gasteiger partial charge in [0.15, 0.2) is 0 Å². The fourth-order valence-electron chi connectivity index (χ4n) is 2.69. The molecule has 0 spiro atoms. The Morgan fingerprint density at radius 1 is 1.23 bits per heavy atom. The molecular weight excluding hydrogens is 280 g/mol. The van der Waals surface area contributed by atoms with Crippen LogP contribution in [0.3, 0.4) is 0 Å². The van der Waals surface area contributed by atoms with Gasteiger partial charge >= 0.3 is 0 Å². The van der Waals surface area contributed by atoms with E-state index >= 15 is 0 Å². The number of hydrogen-bond acceptors (Lipinski definition) is 5. The zero-order chi connectivity index (χ0) is 15.4. The molecule has 1 atom stereocenters. The van der Waals surface area contributed by atoms with Crippen LogP contribution < -0.4 is 4.90 Å². The van der Waals surface area contributed by atoms with E-state index in [9.17, 15) is 4.79 Å². The van der Waals surface area contributed by atoms with Crippen LogP contribution in [0.25, 0.3) is 0 Å². The van der Waals surface area contributed by atoms with E-state index in [2.05, 4.69) is 20.0 Å². The van der Waals surface area contributed by atoms with E-state index in [1.165, 1.54) is 0 Å². The van der Waals surface area contributed by atoms with Crippen molar-refractivity contribution in [2.24, 2.45) is 5.92 Å². The molecule has 1 unspecified atom stereocenters. The lowest BCUT2D eigenvalue weighted by atomic mass is 10.1. The summed E-state index contributed by atoms with van der Waals surface area (Å²) < 4.78 is 1.80. The number of nitrogens with zero attached hydrogens (tertiary/aromatic N) is 6. The Morgan fingerprint density at radius 2 is 2.05 bits per heavy atom. The summed E-state index contributed by atoms with van der Waals surface area (Å²) in [4.78, 5) is 25.0. The van der Waals surface area contributed by atoms with Gasteiger partial charge in [-0.05, 0) is 6.07 Å². The Kier molecular flexibility index (Phi) is 4.32. The number of amides is 1. The summed E-state index contributed by atoms with van der Waals surface area (Å²) in [6.45, 7) is 5.60. The van der Waals surface area contributed by atoms with Crippen molar-refractivity contribution >= 4 is 11.7 Å². The van der Waals surface area contributed by atoms with Gasteiger partial charge in [0.05, 0.1) is 18.7 Å². The number of aromatic nitrogens is 4. The molecule has 1 fully saturated rings. The van der Waals surface area contributed by atoms with Gasteiger partial charge in [-0.2, -0.15) is 5.10 Å². The van der Waals surface area contributed by atoms with Crippen LogP contribution in [0, 0.1) is 5.92 Å². The van der Waals surface area contributed by atoms with Crippen LogP contribution in [0.5, 0.6) is 0 Å². The predicted molar refractivity (Wildman–Crippen MR) is 82.2 cm³/mol. The van der Waals surface area contributed by atoms with Gasteiger partial charge in [-0.25, -0.2) is 4.98 Å². The highest BCUT2D eigenvalue weighted by atomic mass is 16.2. The van der Waals surface area contributed by atoms with Crippen molar-refractivity contribution in [1.82, 2.24) is 24.6 Å². The van der Waals surface area contributed by atoms with Crippen molar-refractivity contribution in [3.63, 3.8) is 0 Å². The predicted octanol–water partition coefficient (Wildman–Crippen LogP) is 0.658. The first-order valence-corrected chi connectivity index (χ1v) is 7.51. The molecule has 3 heterocycles. The van der Waals surface area contributed by atoms with E-state index in [0.29, 0.717) is 6.54 Å². The molecule has 2 aromatic rings. The fourth-order valence-corrected chi connectivity index (χ4v) is 2.69. The molecule has 0 N–H and O–H groups in total. The van der Waals surface area contributed by atoms with Gasteiger partial charge in [0.2, 0.25) is 5.91 Å². The van der Waals surface area contributed by atoms with Crippen LogP contribution in [0.4, 0.5) is 5.82 Å². The number of hydrogen-bond donors (Lipinski definition) is 0. The van der Waals surface area contributed by atoms with Crippen molar-refractivity contribution in [2.75, 3.05) is 31.1 Å². The molecule has 2 aromatic heterocycles. The molecule has 1 amide bonds. The van der Waals surface area contributed by atoms with Gasteiger partial charge in [0, 0.05) is 51.0 Å². The molecule has 1 saturated heterocycles. The van der Waals surface area contributed by atoms with Gasteiger partial charge in [-0.15, -0.1) is 0 Å². The summed E-state index contributed by atoms with van der Waals surface area (Å²) in [6.07, 6.45) is 8.74. The normalized spacial score (nSPS) is 16.6. The molecule has 7 nitrogen and oxygen atoms in total. The van der Waals surface area contributed by atoms with Crippen LogP contribution in [-0.4, -0.2) is 56.7 Å². The van der Waals surface area contributed by atoms with Gasteiger partial charge in [0.1, 0.15) is 5.82 Å². The maximum atomic E-state index is 12.5. The lowest BCUT2D eigenvalue weighted by molar-refractivity contribution is -0.135. The highest BCUT2D eigenvalue weighted by Gasteiger charge is 2.25. The Balaban J connectivity index is 1.53. The first-order valence-electron chi connectivity index (χ1n) is 7.51. The molecule has 0 bridgehead atoms. The molecule has 0 aliphatic carbocycles. The van der Waals surface area contributed by atoms with E-state index in [1.807, 2.05) is 24.1 Å². The Bertz CT molecular complexity index is 592.